The van der Waals surface area contributed by atoms with Gasteiger partial charge in [-0.25, -0.2) is 9.97 Å². The first kappa shape index (κ1) is 37.5. The number of nitrogens with zero attached hydrogens (tertiary/aromatic N) is 16. The van der Waals surface area contributed by atoms with Gasteiger partial charge in [0.05, 0.1) is 6.20 Å². The molecule has 0 aliphatic rings. The molecule has 52 heavy (non-hydrogen) atoms. The Bertz CT molecular complexity index is 2030. The van der Waals surface area contributed by atoms with Gasteiger partial charge in [0.25, 0.3) is 5.78 Å². The van der Waals surface area contributed by atoms with Crippen molar-refractivity contribution in [2.45, 2.75) is 105 Å². The van der Waals surface area contributed by atoms with E-state index in [4.69, 9.17) is 0 Å². The Morgan fingerprint density at radius 1 is 0.442 bits per heavy atom. The molecule has 0 N–H and O–H groups in total. The van der Waals surface area contributed by atoms with Crippen LogP contribution in [0.3, 0.4) is 0 Å². The van der Waals surface area contributed by atoms with E-state index in [0.717, 1.165) is 40.2 Å². The molecule has 16 nitrogen and oxygen atoms in total. The molecule has 16 heteroatoms. The maximum Gasteiger partial charge on any atom is 0.254 e. The van der Waals surface area contributed by atoms with E-state index in [-0.39, 0.29) is 21.7 Å². The van der Waals surface area contributed by atoms with Crippen molar-refractivity contribution < 1.29 is 0 Å². The zero-order valence-corrected chi connectivity index (χ0v) is 32.1. The summed E-state index contributed by atoms with van der Waals surface area (Å²) < 4.78 is 7.58. The van der Waals surface area contributed by atoms with E-state index >= 15 is 0 Å². The Balaban J connectivity index is 0.000000134. The van der Waals surface area contributed by atoms with Crippen LogP contribution in [0, 0.1) is 0 Å². The van der Waals surface area contributed by atoms with E-state index in [9.17, 15) is 0 Å². The van der Waals surface area contributed by atoms with Gasteiger partial charge >= 0.3 is 0 Å². The summed E-state index contributed by atoms with van der Waals surface area (Å²) in [5, 5.41) is 36.8. The largest absolute Gasteiger partial charge is 0.283 e. The molecule has 0 radical (unpaired) electrons. The van der Waals surface area contributed by atoms with Gasteiger partial charge in [-0.15, -0.1) is 40.8 Å². The number of aromatic nitrogens is 16. The summed E-state index contributed by atoms with van der Waals surface area (Å²) in [6, 6.07) is 7.49. The maximum absolute atomic E-state index is 4.20. The van der Waals surface area contributed by atoms with Crippen LogP contribution in [-0.2, 0) is 21.7 Å². The van der Waals surface area contributed by atoms with Gasteiger partial charge in [0, 0.05) is 64.9 Å². The second-order valence-electron chi connectivity index (χ2n) is 16.3. The predicted octanol–water partition coefficient (Wildman–Crippen LogP) is 5.69. The van der Waals surface area contributed by atoms with Gasteiger partial charge in [-0.2, -0.15) is 9.61 Å². The minimum Gasteiger partial charge on any atom is -0.283 e. The third-order valence-corrected chi connectivity index (χ3v) is 7.48. The van der Waals surface area contributed by atoms with E-state index < -0.39 is 0 Å². The normalized spacial score (nSPS) is 12.2. The van der Waals surface area contributed by atoms with Crippen molar-refractivity contribution in [2.75, 3.05) is 0 Å². The number of fused-ring (bicyclic) bond motifs is 4. The average Bonchev–Trinajstić information content (AvgIpc) is 3.88. The molecule has 8 aromatic rings. The highest BCUT2D eigenvalue weighted by Crippen LogP contribution is 2.22. The van der Waals surface area contributed by atoms with Crippen molar-refractivity contribution in [3.8, 4) is 0 Å². The van der Waals surface area contributed by atoms with E-state index in [0.29, 0.717) is 5.78 Å². The van der Waals surface area contributed by atoms with Gasteiger partial charge in [0.2, 0.25) is 0 Å². The Morgan fingerprint density at radius 2 is 1.02 bits per heavy atom. The lowest BCUT2D eigenvalue weighted by Crippen LogP contribution is -2.16. The standard InChI is InChI=1S/4C9H12N4/c1-9(2,3)8-12-11-7-6-10-4-5-13(7)8;1-9(2,3)8-12-11-7-4-5-10-6-13(7)8;1-9(2,3)7-11-12-8-10-5-4-6-13(7)8;1-9(2,3)8-12-11-7-5-4-6-10-13(7)8/h4*4-6H,1-3H3. The molecule has 0 spiro atoms. The van der Waals surface area contributed by atoms with Crippen LogP contribution >= 0.6 is 0 Å². The summed E-state index contributed by atoms with van der Waals surface area (Å²) in [6.45, 7) is 25.3. The highest BCUT2D eigenvalue weighted by Gasteiger charge is 2.23. The van der Waals surface area contributed by atoms with Crippen molar-refractivity contribution >= 4 is 22.7 Å². The van der Waals surface area contributed by atoms with Gasteiger partial charge < -0.3 is 0 Å². The second-order valence-corrected chi connectivity index (χ2v) is 16.3. The first-order valence-electron chi connectivity index (χ1n) is 17.0. The summed E-state index contributed by atoms with van der Waals surface area (Å²) >= 11 is 0. The van der Waals surface area contributed by atoms with E-state index in [1.807, 2.05) is 49.9 Å². The summed E-state index contributed by atoms with van der Waals surface area (Å²) in [5.74, 6) is 4.40. The zero-order valence-electron chi connectivity index (χ0n) is 32.1. The molecule has 0 saturated heterocycles. The highest BCUT2D eigenvalue weighted by molar-refractivity contribution is 5.37. The monoisotopic (exact) mass is 704 g/mol. The second kappa shape index (κ2) is 14.4. The summed E-state index contributed by atoms with van der Waals surface area (Å²) in [4.78, 5) is 12.1. The molecular weight excluding hydrogens is 657 g/mol. The lowest BCUT2D eigenvalue weighted by Gasteiger charge is -2.14. The molecule has 0 amide bonds. The molecule has 0 fully saturated rings. The molecule has 8 aromatic heterocycles. The van der Waals surface area contributed by atoms with Crippen LogP contribution in [0.15, 0.2) is 74.0 Å². The smallest absolute Gasteiger partial charge is 0.254 e. The van der Waals surface area contributed by atoms with Gasteiger partial charge in [0.1, 0.15) is 23.8 Å². The summed E-state index contributed by atoms with van der Waals surface area (Å²) in [7, 11) is 0. The van der Waals surface area contributed by atoms with Gasteiger partial charge in [-0.1, -0.05) is 83.1 Å². The molecule has 0 aliphatic carbocycles. The lowest BCUT2D eigenvalue weighted by molar-refractivity contribution is 0.526. The zero-order chi connectivity index (χ0) is 37.9. The average molecular weight is 705 g/mol. The minimum atomic E-state index is -0.0201. The molecule has 8 rings (SSSR count). The molecule has 0 atom stereocenters. The SMILES string of the molecule is CC(C)(C)c1nnc2cccnn12.CC(C)(C)c1nnc2ccncn12.CC(C)(C)c1nnc2cnccn12.CC(C)(C)c1nnc2ncccn12. The molecule has 0 aliphatic heterocycles. The molecule has 0 saturated carbocycles. The van der Waals surface area contributed by atoms with E-state index in [1.54, 1.807) is 41.8 Å². The van der Waals surface area contributed by atoms with Gasteiger partial charge in [0.15, 0.2) is 22.8 Å². The molecule has 272 valence electrons. The maximum atomic E-state index is 4.20. The summed E-state index contributed by atoms with van der Waals surface area (Å²) in [6.07, 6.45) is 14.2. The first-order valence-corrected chi connectivity index (χ1v) is 17.0. The van der Waals surface area contributed by atoms with E-state index in [1.165, 1.54) is 0 Å². The van der Waals surface area contributed by atoms with E-state index in [2.05, 4.69) is 144 Å². The molecule has 0 unspecified atom stereocenters. The Morgan fingerprint density at radius 3 is 1.69 bits per heavy atom. The Kier molecular flexibility index (Phi) is 10.4. The number of hydrogen-bond donors (Lipinski definition) is 0. The Labute approximate surface area is 302 Å². The number of hydrogen-bond acceptors (Lipinski definition) is 12. The third-order valence-electron chi connectivity index (χ3n) is 7.48. The van der Waals surface area contributed by atoms with Crippen molar-refractivity contribution in [3.05, 3.63) is 97.3 Å². The first-order chi connectivity index (χ1) is 24.4. The van der Waals surface area contributed by atoms with Crippen LogP contribution in [-0.4, -0.2) is 78.6 Å². The fraction of sp³-hybridized carbons (Fsp3) is 0.444. The molecule has 0 bridgehead atoms. The Hall–Kier alpha value is -5.80. The molecule has 8 heterocycles. The van der Waals surface area contributed by atoms with Crippen LogP contribution in [0.5, 0.6) is 0 Å². The number of rotatable bonds is 0. The van der Waals surface area contributed by atoms with Crippen molar-refractivity contribution in [1.82, 2.24) is 78.6 Å². The third kappa shape index (κ3) is 8.55. The summed E-state index contributed by atoms with van der Waals surface area (Å²) in [5.41, 5.74) is 2.44. The highest BCUT2D eigenvalue weighted by atomic mass is 15.4. The molecular formula is C36H48N16. The lowest BCUT2D eigenvalue weighted by atomic mass is 9.96. The molecule has 0 aromatic carbocycles. The van der Waals surface area contributed by atoms with Crippen LogP contribution in [0.25, 0.3) is 22.7 Å². The minimum absolute atomic E-state index is 0.00243. The van der Waals surface area contributed by atoms with Crippen LogP contribution < -0.4 is 0 Å². The van der Waals surface area contributed by atoms with Gasteiger partial charge in [-0.05, 0) is 18.2 Å². The predicted molar refractivity (Wildman–Crippen MR) is 198 cm³/mol. The van der Waals surface area contributed by atoms with Crippen LogP contribution in [0.1, 0.15) is 106 Å². The van der Waals surface area contributed by atoms with Crippen molar-refractivity contribution in [2.24, 2.45) is 0 Å². The topological polar surface area (TPSA) is 172 Å². The van der Waals surface area contributed by atoms with Crippen molar-refractivity contribution in [3.63, 3.8) is 0 Å². The quantitative estimate of drug-likeness (QED) is 0.189. The van der Waals surface area contributed by atoms with Crippen LogP contribution in [0.4, 0.5) is 0 Å². The van der Waals surface area contributed by atoms with Gasteiger partial charge in [-0.3, -0.25) is 18.2 Å². The fourth-order valence-electron chi connectivity index (χ4n) is 4.99. The fourth-order valence-corrected chi connectivity index (χ4v) is 4.99. The van der Waals surface area contributed by atoms with Crippen molar-refractivity contribution in [1.29, 1.82) is 0 Å². The van der Waals surface area contributed by atoms with Crippen LogP contribution in [0.2, 0.25) is 0 Å².